The van der Waals surface area contributed by atoms with Gasteiger partial charge in [-0.1, -0.05) is 0 Å². The second-order valence-electron chi connectivity index (χ2n) is 2.33. The second-order valence-corrected chi connectivity index (χ2v) is 2.77. The van der Waals surface area contributed by atoms with Crippen LogP contribution in [0.5, 0.6) is 5.75 Å². The zero-order chi connectivity index (χ0) is 9.84. The molecule has 0 aromatic heterocycles. The molecule has 1 rings (SSSR count). The molecule has 0 atom stereocenters. The highest BCUT2D eigenvalue weighted by atomic mass is 32.1. The van der Waals surface area contributed by atoms with E-state index in [1.54, 1.807) is 6.07 Å². The van der Waals surface area contributed by atoms with E-state index in [4.69, 9.17) is 16.1 Å². The first-order valence-corrected chi connectivity index (χ1v) is 3.84. The van der Waals surface area contributed by atoms with Crippen LogP contribution >= 0.6 is 12.2 Å². The molecule has 1 aromatic carbocycles. The Morgan fingerprint density at radius 2 is 2.31 bits per heavy atom. The minimum atomic E-state index is -0.0593. The molecule has 0 radical (unpaired) electrons. The maximum atomic E-state index is 9.15. The molecule has 0 unspecified atom stereocenters. The fraction of sp³-hybridized carbons (Fsp3) is 0. The van der Waals surface area contributed by atoms with Crippen LogP contribution in [-0.2, 0) is 0 Å². The fourth-order valence-corrected chi connectivity index (χ4v) is 0.963. The molecule has 0 heterocycles. The molecule has 4 N–H and O–H groups in total. The van der Waals surface area contributed by atoms with Crippen molar-refractivity contribution in [3.63, 3.8) is 0 Å². The normalized spacial score (nSPS) is 8.85. The molecule has 0 bridgehead atoms. The van der Waals surface area contributed by atoms with Gasteiger partial charge < -0.3 is 16.2 Å². The molecule has 5 heteroatoms. The van der Waals surface area contributed by atoms with Crippen molar-refractivity contribution in [2.75, 3.05) is 5.32 Å². The number of thiocarbonyl (C=S) groups is 1. The van der Waals surface area contributed by atoms with Crippen LogP contribution in [0.2, 0.25) is 0 Å². The fourth-order valence-electron chi connectivity index (χ4n) is 0.846. The largest absolute Gasteiger partial charge is 0.507 e. The predicted octanol–water partition coefficient (Wildman–Crippen LogP) is 0.919. The lowest BCUT2D eigenvalue weighted by Gasteiger charge is -2.04. The summed E-state index contributed by atoms with van der Waals surface area (Å²) >= 11 is 4.61. The van der Waals surface area contributed by atoms with E-state index in [1.165, 1.54) is 12.1 Å². The number of anilines is 1. The Morgan fingerprint density at radius 1 is 1.62 bits per heavy atom. The van der Waals surface area contributed by atoms with Gasteiger partial charge in [-0.3, -0.25) is 0 Å². The number of nitrogens with one attached hydrogen (secondary N) is 1. The average molecular weight is 193 g/mol. The van der Waals surface area contributed by atoms with E-state index in [9.17, 15) is 0 Å². The summed E-state index contributed by atoms with van der Waals surface area (Å²) in [6.45, 7) is 0. The number of nitrogens with zero attached hydrogens (tertiary/aromatic N) is 1. The van der Waals surface area contributed by atoms with Gasteiger partial charge in [-0.25, -0.2) is 0 Å². The van der Waals surface area contributed by atoms with E-state index in [1.807, 2.05) is 6.07 Å². The van der Waals surface area contributed by atoms with Gasteiger partial charge in [0.05, 0.1) is 5.56 Å². The van der Waals surface area contributed by atoms with Crippen LogP contribution in [0.1, 0.15) is 5.56 Å². The minimum Gasteiger partial charge on any atom is -0.507 e. The third-order valence-corrected chi connectivity index (χ3v) is 1.49. The van der Waals surface area contributed by atoms with Gasteiger partial charge in [0.1, 0.15) is 11.8 Å². The second kappa shape index (κ2) is 3.74. The molecule has 0 saturated heterocycles. The molecule has 66 valence electrons. The van der Waals surface area contributed by atoms with Crippen LogP contribution in [0.25, 0.3) is 0 Å². The summed E-state index contributed by atoms with van der Waals surface area (Å²) in [4.78, 5) is 0. The van der Waals surface area contributed by atoms with Gasteiger partial charge in [0, 0.05) is 5.69 Å². The molecule has 0 aliphatic heterocycles. The maximum absolute atomic E-state index is 9.15. The molecule has 1 aromatic rings. The zero-order valence-electron chi connectivity index (χ0n) is 6.61. The van der Waals surface area contributed by atoms with Gasteiger partial charge >= 0.3 is 0 Å². The number of aromatic hydroxyl groups is 1. The lowest BCUT2D eigenvalue weighted by Crippen LogP contribution is -2.18. The van der Waals surface area contributed by atoms with Crippen molar-refractivity contribution < 1.29 is 5.11 Å². The van der Waals surface area contributed by atoms with Crippen molar-refractivity contribution in [2.45, 2.75) is 0 Å². The number of rotatable bonds is 1. The molecule has 0 saturated carbocycles. The lowest BCUT2D eigenvalue weighted by atomic mass is 10.2. The summed E-state index contributed by atoms with van der Waals surface area (Å²) in [6.07, 6.45) is 0. The molecule has 0 amide bonds. The predicted molar refractivity (Wildman–Crippen MR) is 53.2 cm³/mol. The Labute approximate surface area is 80.6 Å². The van der Waals surface area contributed by atoms with Crippen LogP contribution < -0.4 is 11.1 Å². The lowest BCUT2D eigenvalue weighted by molar-refractivity contribution is 0.473. The van der Waals surface area contributed by atoms with Crippen molar-refractivity contribution in [1.82, 2.24) is 0 Å². The van der Waals surface area contributed by atoms with Crippen molar-refractivity contribution >= 4 is 23.0 Å². The van der Waals surface area contributed by atoms with Crippen molar-refractivity contribution in [2.24, 2.45) is 5.73 Å². The highest BCUT2D eigenvalue weighted by Gasteiger charge is 2.01. The number of phenols is 1. The third kappa shape index (κ3) is 2.32. The third-order valence-electron chi connectivity index (χ3n) is 1.38. The summed E-state index contributed by atoms with van der Waals surface area (Å²) in [5.41, 5.74) is 6.00. The molecule has 0 aliphatic carbocycles. The van der Waals surface area contributed by atoms with E-state index < -0.39 is 0 Å². The Balaban J connectivity index is 3.01. The van der Waals surface area contributed by atoms with Crippen molar-refractivity contribution in [3.8, 4) is 11.8 Å². The Morgan fingerprint density at radius 3 is 2.85 bits per heavy atom. The topological polar surface area (TPSA) is 82.1 Å². The van der Waals surface area contributed by atoms with Gasteiger partial charge in [-0.15, -0.1) is 0 Å². The molecular weight excluding hydrogens is 186 g/mol. The number of nitrogens with two attached hydrogens (primary N) is 1. The van der Waals surface area contributed by atoms with Crippen LogP contribution in [0.15, 0.2) is 18.2 Å². The zero-order valence-corrected chi connectivity index (χ0v) is 7.43. The van der Waals surface area contributed by atoms with E-state index in [2.05, 4.69) is 17.5 Å². The highest BCUT2D eigenvalue weighted by molar-refractivity contribution is 7.80. The number of benzene rings is 1. The van der Waals surface area contributed by atoms with E-state index in [0.717, 1.165) is 0 Å². The van der Waals surface area contributed by atoms with Gasteiger partial charge in [-0.05, 0) is 30.4 Å². The summed E-state index contributed by atoms with van der Waals surface area (Å²) < 4.78 is 0. The Kier molecular flexibility index (Phi) is 2.67. The number of hydrogen-bond donors (Lipinski definition) is 3. The van der Waals surface area contributed by atoms with Crippen LogP contribution in [0.3, 0.4) is 0 Å². The number of hydrogen-bond acceptors (Lipinski definition) is 3. The smallest absolute Gasteiger partial charge is 0.168 e. The SMILES string of the molecule is N#Cc1cc(NC(N)=S)ccc1O. The number of nitriles is 1. The monoisotopic (exact) mass is 193 g/mol. The Hall–Kier alpha value is -1.80. The molecular formula is C8H7N3OS. The van der Waals surface area contributed by atoms with E-state index in [-0.39, 0.29) is 16.4 Å². The van der Waals surface area contributed by atoms with Gasteiger partial charge in [-0.2, -0.15) is 5.26 Å². The minimum absolute atomic E-state index is 0.0593. The van der Waals surface area contributed by atoms with Crippen LogP contribution in [0.4, 0.5) is 5.69 Å². The summed E-state index contributed by atoms with van der Waals surface area (Å²) in [7, 11) is 0. The maximum Gasteiger partial charge on any atom is 0.168 e. The first-order chi connectivity index (χ1) is 6.13. The highest BCUT2D eigenvalue weighted by Crippen LogP contribution is 2.19. The van der Waals surface area contributed by atoms with E-state index >= 15 is 0 Å². The van der Waals surface area contributed by atoms with Gasteiger partial charge in [0.15, 0.2) is 5.11 Å². The molecule has 4 nitrogen and oxygen atoms in total. The van der Waals surface area contributed by atoms with Crippen LogP contribution in [0, 0.1) is 11.3 Å². The quantitative estimate of drug-likeness (QED) is 0.456. The molecule has 0 fully saturated rings. The molecule has 13 heavy (non-hydrogen) atoms. The van der Waals surface area contributed by atoms with Gasteiger partial charge in [0.2, 0.25) is 0 Å². The average Bonchev–Trinajstić information content (AvgIpc) is 2.07. The molecule has 0 aliphatic rings. The van der Waals surface area contributed by atoms with Crippen molar-refractivity contribution in [1.29, 1.82) is 5.26 Å². The first kappa shape index (κ1) is 9.29. The standard InChI is InChI=1S/C8H7N3OS/c9-4-5-3-6(11-8(10)13)1-2-7(5)12/h1-3,12H,(H3,10,11,13). The summed E-state index contributed by atoms with van der Waals surface area (Å²) in [6, 6.07) is 6.28. The molecule has 0 spiro atoms. The first-order valence-electron chi connectivity index (χ1n) is 3.43. The van der Waals surface area contributed by atoms with E-state index in [0.29, 0.717) is 5.69 Å². The summed E-state index contributed by atoms with van der Waals surface area (Å²) in [5, 5.41) is 20.5. The van der Waals surface area contributed by atoms with Crippen LogP contribution in [-0.4, -0.2) is 10.2 Å². The number of phenolic OH excluding ortho intramolecular Hbond substituents is 1. The Bertz CT molecular complexity index is 383. The van der Waals surface area contributed by atoms with Gasteiger partial charge in [0.25, 0.3) is 0 Å². The van der Waals surface area contributed by atoms with Crippen molar-refractivity contribution in [3.05, 3.63) is 23.8 Å². The summed E-state index contributed by atoms with van der Waals surface area (Å²) in [5.74, 6) is -0.0593.